The molecule has 0 aromatic heterocycles. The van der Waals surface area contributed by atoms with E-state index >= 15 is 0 Å². The number of carbonyl (C=O) groups excluding carboxylic acids is 1. The van der Waals surface area contributed by atoms with Gasteiger partial charge in [-0.2, -0.15) is 0 Å². The van der Waals surface area contributed by atoms with Crippen LogP contribution in [-0.2, 0) is 9.53 Å². The number of carbonyl (C=O) groups is 2. The van der Waals surface area contributed by atoms with E-state index in [2.05, 4.69) is 0 Å². The molecule has 2 aliphatic heterocycles. The summed E-state index contributed by atoms with van der Waals surface area (Å²) in [6.07, 6.45) is 0.538. The molecule has 2 aliphatic rings. The topological polar surface area (TPSA) is 70.1 Å². The lowest BCUT2D eigenvalue weighted by molar-refractivity contribution is -0.142. The van der Waals surface area contributed by atoms with Crippen molar-refractivity contribution < 1.29 is 19.4 Å². The average molecular weight is 270 g/mol. The smallest absolute Gasteiger partial charge is 0.320 e. The van der Waals surface area contributed by atoms with Crippen LogP contribution in [0, 0.1) is 5.92 Å². The number of ether oxygens (including phenoxy) is 1. The third kappa shape index (κ3) is 2.83. The summed E-state index contributed by atoms with van der Waals surface area (Å²) >= 11 is 0. The second-order valence-electron chi connectivity index (χ2n) is 5.98. The highest BCUT2D eigenvalue weighted by molar-refractivity contribution is 5.78. The molecule has 19 heavy (non-hydrogen) atoms. The minimum absolute atomic E-state index is 0.0624. The zero-order chi connectivity index (χ0) is 14.2. The van der Waals surface area contributed by atoms with Crippen molar-refractivity contribution >= 4 is 12.0 Å². The van der Waals surface area contributed by atoms with Gasteiger partial charge < -0.3 is 19.6 Å². The summed E-state index contributed by atoms with van der Waals surface area (Å²) in [6.45, 7) is 7.91. The number of carboxylic acids is 1. The Morgan fingerprint density at radius 2 is 2.00 bits per heavy atom. The summed E-state index contributed by atoms with van der Waals surface area (Å²) in [5, 5.41) is 9.11. The fourth-order valence-corrected chi connectivity index (χ4v) is 2.90. The van der Waals surface area contributed by atoms with Crippen molar-refractivity contribution in [2.75, 3.05) is 26.2 Å². The maximum Gasteiger partial charge on any atom is 0.320 e. The lowest BCUT2D eigenvalue weighted by Gasteiger charge is -2.40. The Hall–Kier alpha value is -1.30. The standard InChI is InChI=1S/C13H22N2O4/c1-9-10(11(16)17)4-5-15(9)12(18)14-6-7-19-13(2,3)8-14/h9-10H,4-8H2,1-3H3,(H,16,17). The van der Waals surface area contributed by atoms with E-state index in [0.717, 1.165) is 0 Å². The Morgan fingerprint density at radius 1 is 1.32 bits per heavy atom. The van der Waals surface area contributed by atoms with Gasteiger partial charge in [0.1, 0.15) is 0 Å². The number of hydrogen-bond acceptors (Lipinski definition) is 3. The van der Waals surface area contributed by atoms with Gasteiger partial charge in [-0.25, -0.2) is 4.79 Å². The molecule has 0 spiro atoms. The van der Waals surface area contributed by atoms with E-state index in [4.69, 9.17) is 9.84 Å². The van der Waals surface area contributed by atoms with Gasteiger partial charge >= 0.3 is 12.0 Å². The summed E-state index contributed by atoms with van der Waals surface area (Å²) < 4.78 is 5.59. The Kier molecular flexibility index (Phi) is 3.71. The molecule has 2 atom stereocenters. The van der Waals surface area contributed by atoms with Gasteiger partial charge in [-0.3, -0.25) is 4.79 Å². The van der Waals surface area contributed by atoms with Crippen LogP contribution in [0.5, 0.6) is 0 Å². The molecule has 1 N–H and O–H groups in total. The molecule has 0 bridgehead atoms. The SMILES string of the molecule is CC1C(C(=O)O)CCN1C(=O)N1CCOC(C)(C)C1. The van der Waals surface area contributed by atoms with E-state index in [-0.39, 0.29) is 17.7 Å². The Bertz CT molecular complexity index is 383. The second kappa shape index (κ2) is 5.00. The number of carboxylic acid groups (broad SMARTS) is 1. The van der Waals surface area contributed by atoms with Crippen molar-refractivity contribution in [1.29, 1.82) is 0 Å². The molecule has 6 heteroatoms. The number of rotatable bonds is 1. The Balaban J connectivity index is 2.02. The predicted molar refractivity (Wildman–Crippen MR) is 68.9 cm³/mol. The quantitative estimate of drug-likeness (QED) is 0.772. The molecule has 2 heterocycles. The Morgan fingerprint density at radius 3 is 2.53 bits per heavy atom. The molecule has 0 aromatic rings. The summed E-state index contributed by atoms with van der Waals surface area (Å²) in [4.78, 5) is 27.0. The maximum absolute atomic E-state index is 12.5. The van der Waals surface area contributed by atoms with E-state index in [1.807, 2.05) is 20.8 Å². The predicted octanol–water partition coefficient (Wildman–Crippen LogP) is 1.01. The van der Waals surface area contributed by atoms with Crippen LogP contribution in [0.1, 0.15) is 27.2 Å². The zero-order valence-corrected chi connectivity index (χ0v) is 11.8. The van der Waals surface area contributed by atoms with E-state index in [0.29, 0.717) is 32.7 Å². The highest BCUT2D eigenvalue weighted by atomic mass is 16.5. The van der Waals surface area contributed by atoms with Gasteiger partial charge in [0.05, 0.1) is 24.7 Å². The minimum atomic E-state index is -0.815. The van der Waals surface area contributed by atoms with Crippen LogP contribution in [0.25, 0.3) is 0 Å². The minimum Gasteiger partial charge on any atom is -0.481 e. The van der Waals surface area contributed by atoms with E-state index < -0.39 is 11.9 Å². The maximum atomic E-state index is 12.5. The van der Waals surface area contributed by atoms with E-state index in [1.165, 1.54) is 0 Å². The summed E-state index contributed by atoms with van der Waals surface area (Å²) in [5.41, 5.74) is -0.330. The van der Waals surface area contributed by atoms with Crippen molar-refractivity contribution in [2.45, 2.75) is 38.8 Å². The summed E-state index contributed by atoms with van der Waals surface area (Å²) in [5.74, 6) is -1.26. The first-order valence-electron chi connectivity index (χ1n) is 6.74. The average Bonchev–Trinajstić information content (AvgIpc) is 2.69. The van der Waals surface area contributed by atoms with Gasteiger partial charge in [0.25, 0.3) is 0 Å². The Labute approximate surface area is 113 Å². The monoisotopic (exact) mass is 270 g/mol. The number of amides is 2. The normalized spacial score (nSPS) is 30.5. The highest BCUT2D eigenvalue weighted by Gasteiger charge is 2.41. The van der Waals surface area contributed by atoms with Crippen LogP contribution in [0.3, 0.4) is 0 Å². The first-order valence-corrected chi connectivity index (χ1v) is 6.74. The van der Waals surface area contributed by atoms with E-state index in [1.54, 1.807) is 9.80 Å². The summed E-state index contributed by atoms with van der Waals surface area (Å²) in [7, 11) is 0. The van der Waals surface area contributed by atoms with E-state index in [9.17, 15) is 9.59 Å². The molecule has 0 radical (unpaired) electrons. The van der Waals surface area contributed by atoms with Crippen LogP contribution in [0.4, 0.5) is 4.79 Å². The number of aliphatic carboxylic acids is 1. The summed E-state index contributed by atoms with van der Waals surface area (Å²) in [6, 6.07) is -0.302. The van der Waals surface area contributed by atoms with Gasteiger partial charge in [0.2, 0.25) is 0 Å². The zero-order valence-electron chi connectivity index (χ0n) is 11.8. The van der Waals surface area contributed by atoms with Crippen LogP contribution in [-0.4, -0.2) is 64.8 Å². The van der Waals surface area contributed by atoms with Crippen molar-refractivity contribution in [2.24, 2.45) is 5.92 Å². The number of morpholine rings is 1. The number of likely N-dealkylation sites (tertiary alicyclic amines) is 1. The van der Waals surface area contributed by atoms with Gasteiger partial charge in [-0.15, -0.1) is 0 Å². The number of hydrogen-bond donors (Lipinski definition) is 1. The van der Waals surface area contributed by atoms with Crippen LogP contribution >= 0.6 is 0 Å². The van der Waals surface area contributed by atoms with Crippen molar-refractivity contribution in [1.82, 2.24) is 9.80 Å². The van der Waals surface area contributed by atoms with Gasteiger partial charge in [-0.1, -0.05) is 0 Å². The van der Waals surface area contributed by atoms with Crippen molar-refractivity contribution in [3.63, 3.8) is 0 Å². The first kappa shape index (κ1) is 14.1. The fraction of sp³-hybridized carbons (Fsp3) is 0.846. The molecular formula is C13H22N2O4. The molecule has 0 saturated carbocycles. The molecule has 2 saturated heterocycles. The molecular weight excluding hydrogens is 248 g/mol. The highest BCUT2D eigenvalue weighted by Crippen LogP contribution is 2.27. The molecule has 108 valence electrons. The molecule has 2 fully saturated rings. The van der Waals surface area contributed by atoms with Crippen LogP contribution < -0.4 is 0 Å². The van der Waals surface area contributed by atoms with Crippen LogP contribution in [0.2, 0.25) is 0 Å². The van der Waals surface area contributed by atoms with Gasteiger partial charge in [-0.05, 0) is 27.2 Å². The fourth-order valence-electron chi connectivity index (χ4n) is 2.90. The van der Waals surface area contributed by atoms with Gasteiger partial charge in [0, 0.05) is 19.1 Å². The molecule has 6 nitrogen and oxygen atoms in total. The number of nitrogens with zero attached hydrogens (tertiary/aromatic N) is 2. The molecule has 0 aromatic carbocycles. The van der Waals surface area contributed by atoms with Crippen LogP contribution in [0.15, 0.2) is 0 Å². The molecule has 2 rings (SSSR count). The first-order chi connectivity index (χ1) is 8.82. The van der Waals surface area contributed by atoms with Gasteiger partial charge in [0.15, 0.2) is 0 Å². The number of urea groups is 1. The lowest BCUT2D eigenvalue weighted by Crippen LogP contribution is -2.55. The third-order valence-electron chi connectivity index (χ3n) is 4.01. The second-order valence-corrected chi connectivity index (χ2v) is 5.98. The molecule has 2 amide bonds. The lowest BCUT2D eigenvalue weighted by atomic mass is 10.0. The third-order valence-corrected chi connectivity index (χ3v) is 4.01. The molecule has 0 aliphatic carbocycles. The van der Waals surface area contributed by atoms with Crippen molar-refractivity contribution in [3.05, 3.63) is 0 Å². The van der Waals surface area contributed by atoms with Crippen molar-refractivity contribution in [3.8, 4) is 0 Å². The largest absolute Gasteiger partial charge is 0.481 e. The molecule has 2 unspecified atom stereocenters.